The molecule has 0 N–H and O–H groups in total. The number of hydrogen-bond donors (Lipinski definition) is 0. The molecule has 10 heterocycles. The van der Waals surface area contributed by atoms with Crippen LogP contribution in [0.2, 0.25) is 42.8 Å². The van der Waals surface area contributed by atoms with Gasteiger partial charge in [-0.3, -0.25) is 0 Å². The fraction of sp³-hybridized carbons (Fsp3) is 0.684. The standard InChI is InChI=1S/C14H16N.C5H5.Fe/c1-15(2)14-10-6-9-13(14)11-12-7-4-3-5-8-12;1-2-4-5-3-1;/h3-10H,11H2,1-2H3;1-5H;. The van der Waals surface area contributed by atoms with Crippen molar-refractivity contribution in [3.05, 3.63) is 35.9 Å². The Balaban J connectivity index is 1.41. The summed E-state index contributed by atoms with van der Waals surface area (Å²) in [5, 5.41) is 0. The van der Waals surface area contributed by atoms with Crippen molar-refractivity contribution in [1.29, 1.82) is 0 Å². The normalized spacial score (nSPS) is 102. The minimum atomic E-state index is -3.13. The van der Waals surface area contributed by atoms with E-state index in [4.69, 9.17) is 0 Å². The molecular formula is C19H21FeN. The Bertz CT molecular complexity index is 1210. The molecular weight excluding hydrogens is 298 g/mol. The Labute approximate surface area is 115 Å². The maximum atomic E-state index is 2.87. The molecule has 10 aliphatic heterocycles. The SMILES string of the molecule is CN(C)[C]12[CH]3[CH]4[CH]5[C]1(Cc1ccccc1)[Fe]45321678[CH]2[CH]1[CH]6[CH]7[CH]28. The first-order valence-electron chi connectivity index (χ1n) is 8.88. The topological polar surface area (TPSA) is 3.24 Å². The van der Waals surface area contributed by atoms with Crippen LogP contribution in [0.4, 0.5) is 0 Å². The van der Waals surface area contributed by atoms with Crippen LogP contribution < -0.4 is 0 Å². The summed E-state index contributed by atoms with van der Waals surface area (Å²) < 4.78 is 1.82. The van der Waals surface area contributed by atoms with E-state index in [9.17, 15) is 0 Å². The van der Waals surface area contributed by atoms with Crippen molar-refractivity contribution in [3.63, 3.8) is 0 Å². The molecule has 5 unspecified atom stereocenters. The molecule has 10 fully saturated rings. The molecule has 10 aliphatic rings. The average Bonchev–Trinajstić information content (AvgIpc) is 3.42. The molecule has 1 spiro atoms. The van der Waals surface area contributed by atoms with Gasteiger partial charge >= 0.3 is 115 Å². The number of nitrogens with zero attached hydrogens (tertiary/aromatic N) is 1. The zero-order valence-corrected chi connectivity index (χ0v) is 13.6. The molecule has 1 nitrogen and oxygen atoms in total. The Morgan fingerprint density at radius 1 is 0.905 bits per heavy atom. The van der Waals surface area contributed by atoms with Crippen molar-refractivity contribution < 1.29 is 6.51 Å². The summed E-state index contributed by atoms with van der Waals surface area (Å²) in [4.78, 5) is 14.1. The quantitative estimate of drug-likeness (QED) is 0.744. The van der Waals surface area contributed by atoms with Gasteiger partial charge in [0.2, 0.25) is 0 Å². The van der Waals surface area contributed by atoms with E-state index in [1.54, 1.807) is 5.56 Å². The van der Waals surface area contributed by atoms with Crippen LogP contribution in [0, 0.1) is 0 Å². The fourth-order valence-corrected chi connectivity index (χ4v) is 97.0. The summed E-state index contributed by atoms with van der Waals surface area (Å²) in [5.74, 6) is 0. The first-order chi connectivity index (χ1) is 9.96. The van der Waals surface area contributed by atoms with E-state index < -0.39 is 6.51 Å². The van der Waals surface area contributed by atoms with E-state index in [0.717, 1.165) is 8.75 Å². The second kappa shape index (κ2) is 0.802. The number of hydrogen-bond acceptors (Lipinski definition) is 1. The van der Waals surface area contributed by atoms with Crippen molar-refractivity contribution in [2.75, 3.05) is 14.1 Å². The molecule has 5 atom stereocenters. The van der Waals surface area contributed by atoms with Crippen LogP contribution in [0.5, 0.6) is 0 Å². The number of fused-ring (bicyclic) bond motifs is 10. The zero-order valence-electron chi connectivity index (χ0n) is 12.5. The van der Waals surface area contributed by atoms with Crippen molar-refractivity contribution in [3.8, 4) is 0 Å². The number of rotatable bonds is 3. The molecule has 2 heteroatoms. The van der Waals surface area contributed by atoms with Gasteiger partial charge in [-0.25, -0.2) is 0 Å². The van der Waals surface area contributed by atoms with Gasteiger partial charge in [0.05, 0.1) is 0 Å². The van der Waals surface area contributed by atoms with Gasteiger partial charge in [-0.15, -0.1) is 0 Å². The molecule has 0 aliphatic carbocycles. The predicted molar refractivity (Wildman–Crippen MR) is 79.3 cm³/mol. The molecule has 0 saturated carbocycles. The average molecular weight is 319 g/mol. The summed E-state index contributed by atoms with van der Waals surface area (Å²) >= 11 is 0. The Kier molecular flexibility index (Phi) is 0.325. The maximum absolute atomic E-state index is 3.13. The Morgan fingerprint density at radius 3 is 1.95 bits per heavy atom. The molecule has 10 saturated heterocycles. The van der Waals surface area contributed by atoms with Crippen molar-refractivity contribution in [2.45, 2.75) is 53.7 Å². The van der Waals surface area contributed by atoms with Crippen LogP contribution >= 0.6 is 0 Å². The van der Waals surface area contributed by atoms with Crippen LogP contribution in [-0.4, -0.2) is 23.4 Å². The number of benzene rings is 1. The van der Waals surface area contributed by atoms with E-state index in [2.05, 4.69) is 49.3 Å². The monoisotopic (exact) mass is 319 g/mol. The van der Waals surface area contributed by atoms with E-state index >= 15 is 0 Å². The third-order valence-electron chi connectivity index (χ3n) is 17.0. The van der Waals surface area contributed by atoms with Crippen LogP contribution in [-0.2, 0) is 12.9 Å². The summed E-state index contributed by atoms with van der Waals surface area (Å²) in [6, 6.07) is 11.6. The molecule has 1 aromatic rings. The van der Waals surface area contributed by atoms with E-state index in [1.165, 1.54) is 45.0 Å². The fourth-order valence-electron chi connectivity index (χ4n) is 19.6. The minimum absolute atomic E-state index is 0.877. The summed E-state index contributed by atoms with van der Waals surface area (Å²) in [6.07, 6.45) is 1.51. The van der Waals surface area contributed by atoms with Gasteiger partial charge in [0, 0.05) is 0 Å². The van der Waals surface area contributed by atoms with Crippen LogP contribution in [0.3, 0.4) is 0 Å². The van der Waals surface area contributed by atoms with Crippen LogP contribution in [0.15, 0.2) is 30.3 Å². The van der Waals surface area contributed by atoms with Gasteiger partial charge < -0.3 is 0 Å². The molecule has 0 amide bonds. The first-order valence-corrected chi connectivity index (χ1v) is 15.1. The summed E-state index contributed by atoms with van der Waals surface area (Å²) in [5.41, 5.74) is 1.69. The molecule has 0 radical (unpaired) electrons. The second-order valence-corrected chi connectivity index (χ2v) is 35.7. The molecule has 11 rings (SSSR count). The van der Waals surface area contributed by atoms with Gasteiger partial charge in [-0.05, 0) is 0 Å². The van der Waals surface area contributed by atoms with E-state index in [0.29, 0.717) is 0 Å². The van der Waals surface area contributed by atoms with Gasteiger partial charge in [-0.2, -0.15) is 0 Å². The van der Waals surface area contributed by atoms with Gasteiger partial charge in [0.25, 0.3) is 0 Å². The summed E-state index contributed by atoms with van der Waals surface area (Å²) in [6.45, 7) is -3.13. The third kappa shape index (κ3) is 0.102. The second-order valence-electron chi connectivity index (χ2n) is 12.4. The molecule has 0 bridgehead atoms. The Morgan fingerprint density at radius 2 is 1.52 bits per heavy atom. The van der Waals surface area contributed by atoms with Gasteiger partial charge in [0.15, 0.2) is 0 Å². The molecule has 110 valence electrons. The summed E-state index contributed by atoms with van der Waals surface area (Å²) in [7, 11) is 4.99. The van der Waals surface area contributed by atoms with E-state index in [-0.39, 0.29) is 0 Å². The van der Waals surface area contributed by atoms with Crippen molar-refractivity contribution in [1.82, 2.24) is 4.90 Å². The van der Waals surface area contributed by atoms with Crippen molar-refractivity contribution >= 4 is 0 Å². The van der Waals surface area contributed by atoms with Crippen LogP contribution in [0.1, 0.15) is 5.56 Å². The molecule has 0 aromatic heterocycles. The Hall–Kier alpha value is -0.301. The van der Waals surface area contributed by atoms with E-state index in [1.807, 2.05) is 0 Å². The van der Waals surface area contributed by atoms with Gasteiger partial charge in [0.1, 0.15) is 0 Å². The molecule has 1 aromatic carbocycles. The molecule has 21 heavy (non-hydrogen) atoms. The van der Waals surface area contributed by atoms with Gasteiger partial charge in [-0.1, -0.05) is 0 Å². The van der Waals surface area contributed by atoms with Crippen LogP contribution in [0.25, 0.3) is 0 Å². The third-order valence-corrected chi connectivity index (χ3v) is 60.4. The van der Waals surface area contributed by atoms with Crippen molar-refractivity contribution in [2.24, 2.45) is 0 Å². The predicted octanol–water partition coefficient (Wildman–Crippen LogP) is 4.46. The zero-order chi connectivity index (χ0) is 13.3. The first kappa shape index (κ1) is 8.52.